The van der Waals surface area contributed by atoms with Gasteiger partial charge in [-0.05, 0) is 109 Å². The monoisotopic (exact) mass is 1220 g/mol. The molecule has 0 heterocycles. The lowest BCUT2D eigenvalue weighted by molar-refractivity contribution is -0.142. The lowest BCUT2D eigenvalue weighted by atomic mass is 10.0. The van der Waals surface area contributed by atoms with E-state index in [0.29, 0.717) is 12.2 Å². The molecule has 26 N–H and O–H groups in total. The minimum absolute atomic E-state index is 0.00546. The molecule has 84 heavy (non-hydrogen) atoms. The van der Waals surface area contributed by atoms with Crippen LogP contribution in [0.4, 0.5) is 0 Å². The summed E-state index contributed by atoms with van der Waals surface area (Å²) in [6.45, 7) is 5.02. The minimum atomic E-state index is -1.84. The third-order valence-corrected chi connectivity index (χ3v) is 12.9. The summed E-state index contributed by atoms with van der Waals surface area (Å²) >= 11 is 1.33. The van der Waals surface area contributed by atoms with E-state index < -0.39 is 170 Å². The van der Waals surface area contributed by atoms with E-state index in [1.54, 1.807) is 20.1 Å². The Balaban J connectivity index is 6.95. The van der Waals surface area contributed by atoms with Crippen LogP contribution in [-0.4, -0.2) is 213 Å². The number of aliphatic carboxylic acids is 3. The van der Waals surface area contributed by atoms with Crippen LogP contribution < -0.4 is 82.3 Å². The molecule has 0 bridgehead atoms. The van der Waals surface area contributed by atoms with E-state index in [2.05, 4.69) is 57.8 Å². The molecule has 35 heteroatoms. The average Bonchev–Trinajstić information content (AvgIpc) is 3.63. The highest BCUT2D eigenvalue weighted by Crippen LogP contribution is 2.11. The number of guanidine groups is 2. The summed E-state index contributed by atoms with van der Waals surface area (Å²) in [4.78, 5) is 166. The fraction of sp³-hybridized carbons (Fsp3) is 0.714. The van der Waals surface area contributed by atoms with Crippen molar-refractivity contribution in [2.24, 2.45) is 50.3 Å². The van der Waals surface area contributed by atoms with E-state index in [4.69, 9.17) is 34.4 Å². The lowest BCUT2D eigenvalue weighted by Gasteiger charge is -2.28. The number of unbranched alkanes of at least 4 members (excludes halogenated alkanes) is 1. The largest absolute Gasteiger partial charge is 0.481 e. The average molecular weight is 1220 g/mol. The molecule has 0 rings (SSSR count). The van der Waals surface area contributed by atoms with Crippen molar-refractivity contribution in [1.82, 2.24) is 47.9 Å². The molecule has 34 nitrogen and oxygen atoms in total. The predicted molar refractivity (Wildman–Crippen MR) is 306 cm³/mol. The van der Waals surface area contributed by atoms with Gasteiger partial charge in [0.15, 0.2) is 11.9 Å². The normalized spacial score (nSPS) is 14.9. The molecule has 0 aromatic heterocycles. The van der Waals surface area contributed by atoms with E-state index in [1.807, 2.05) is 0 Å². The number of nitrogens with two attached hydrogens (primary N) is 6. The number of carbonyl (C=O) groups is 12. The van der Waals surface area contributed by atoms with Gasteiger partial charge in [0, 0.05) is 25.9 Å². The quantitative estimate of drug-likeness (QED) is 0.0153. The Kier molecular flexibility index (Phi) is 37.6. The Hall–Kier alpha value is -7.63. The van der Waals surface area contributed by atoms with Crippen molar-refractivity contribution < 1.29 is 83.1 Å². The Morgan fingerprint density at radius 1 is 0.476 bits per heavy atom. The molecule has 0 aromatic carbocycles. The number of hydrogen-bond acceptors (Lipinski definition) is 19. The fourth-order valence-electron chi connectivity index (χ4n) is 7.65. The lowest BCUT2D eigenvalue weighted by Crippen LogP contribution is -2.61. The van der Waals surface area contributed by atoms with Crippen LogP contribution >= 0.6 is 11.8 Å². The van der Waals surface area contributed by atoms with Gasteiger partial charge in [-0.25, -0.2) is 4.79 Å². The van der Waals surface area contributed by atoms with Crippen molar-refractivity contribution in [3.63, 3.8) is 0 Å². The third-order valence-electron chi connectivity index (χ3n) is 12.2. The number of rotatable bonds is 44. The van der Waals surface area contributed by atoms with Crippen molar-refractivity contribution in [2.45, 2.75) is 178 Å². The van der Waals surface area contributed by atoms with E-state index in [9.17, 15) is 83.1 Å². The summed E-state index contributed by atoms with van der Waals surface area (Å²) in [5, 5.41) is 70.7. The molecule has 0 aromatic rings. The van der Waals surface area contributed by atoms with Crippen LogP contribution in [0.15, 0.2) is 9.98 Å². The van der Waals surface area contributed by atoms with Gasteiger partial charge in [0.1, 0.15) is 54.4 Å². The molecule has 0 spiro atoms. The van der Waals surface area contributed by atoms with Crippen LogP contribution in [0, 0.1) is 5.92 Å². The maximum atomic E-state index is 14.3. The van der Waals surface area contributed by atoms with Gasteiger partial charge < -0.3 is 108 Å². The number of nitrogens with one attached hydrogen (secondary N) is 9. The molecule has 478 valence electrons. The van der Waals surface area contributed by atoms with Crippen LogP contribution in [0.2, 0.25) is 0 Å². The number of hydrogen-bond donors (Lipinski definition) is 20. The van der Waals surface area contributed by atoms with E-state index >= 15 is 0 Å². The number of aliphatic imine (C=N–C) groups is 2. The van der Waals surface area contributed by atoms with Gasteiger partial charge >= 0.3 is 17.9 Å². The van der Waals surface area contributed by atoms with Gasteiger partial charge in [0.05, 0.1) is 18.8 Å². The molecule has 0 fully saturated rings. The van der Waals surface area contributed by atoms with Crippen LogP contribution in [0.1, 0.15) is 111 Å². The number of nitrogens with zero attached hydrogens (tertiary/aromatic N) is 2. The first kappa shape index (κ1) is 76.4. The second kappa shape index (κ2) is 41.4. The van der Waals surface area contributed by atoms with Gasteiger partial charge in [-0.1, -0.05) is 13.8 Å². The van der Waals surface area contributed by atoms with Crippen LogP contribution in [0.25, 0.3) is 0 Å². The van der Waals surface area contributed by atoms with Gasteiger partial charge in [0.2, 0.25) is 53.2 Å². The number of aliphatic hydroxyl groups excluding tert-OH is 2. The van der Waals surface area contributed by atoms with Gasteiger partial charge in [-0.3, -0.25) is 62.7 Å². The smallest absolute Gasteiger partial charge is 0.326 e. The zero-order valence-electron chi connectivity index (χ0n) is 48.1. The second-order valence-electron chi connectivity index (χ2n) is 20.0. The Morgan fingerprint density at radius 3 is 1.24 bits per heavy atom. The van der Waals surface area contributed by atoms with Crippen LogP contribution in [0.5, 0.6) is 0 Å². The maximum absolute atomic E-state index is 14.3. The molecule has 0 aliphatic rings. The molecule has 11 atom stereocenters. The van der Waals surface area contributed by atoms with Crippen molar-refractivity contribution in [3.05, 3.63) is 0 Å². The molecule has 0 radical (unpaired) electrons. The zero-order chi connectivity index (χ0) is 64.2. The zero-order valence-corrected chi connectivity index (χ0v) is 48.9. The van der Waals surface area contributed by atoms with Gasteiger partial charge in [0.25, 0.3) is 0 Å². The summed E-state index contributed by atoms with van der Waals surface area (Å²) in [6, 6.07) is -15.5. The number of carboxylic acid groups (broad SMARTS) is 3. The molecule has 0 saturated heterocycles. The summed E-state index contributed by atoms with van der Waals surface area (Å²) in [6.07, 6.45) is -2.49. The molecule has 0 aliphatic carbocycles. The van der Waals surface area contributed by atoms with Crippen molar-refractivity contribution >= 4 is 94.8 Å². The molecule has 0 saturated carbocycles. The van der Waals surface area contributed by atoms with Gasteiger partial charge in [-0.15, -0.1) is 0 Å². The Bertz CT molecular complexity index is 2250. The van der Waals surface area contributed by atoms with Crippen LogP contribution in [0.3, 0.4) is 0 Å². The van der Waals surface area contributed by atoms with E-state index in [-0.39, 0.29) is 88.8 Å². The SMILES string of the molecule is CSCC[C@H](NC(=O)[C@H](CCCN=C(N)N)NC(=O)[C@@H](NC(=O)[C@H](CCCN=C(N)N)NC(=O)[C@H](CCCCN)NC(=O)[C@H](CCC(=O)O)NC(=O)[C@H](CCC(=O)O)NC(=O)[C@H](C)NC(=O)[C@H](CO)NC(=O)[C@@H](N)CC(C)C)[C@@H](C)O)C(=O)O. The van der Waals surface area contributed by atoms with E-state index in [0.717, 1.165) is 13.8 Å². The highest BCUT2D eigenvalue weighted by molar-refractivity contribution is 7.98. The van der Waals surface area contributed by atoms with Crippen molar-refractivity contribution in [3.8, 4) is 0 Å². The van der Waals surface area contributed by atoms with E-state index in [1.165, 1.54) is 11.8 Å². The number of thioether (sulfide) groups is 1. The topological polar surface area (TPSA) is 595 Å². The first-order valence-corrected chi connectivity index (χ1v) is 28.5. The van der Waals surface area contributed by atoms with Crippen molar-refractivity contribution in [1.29, 1.82) is 0 Å². The predicted octanol–water partition coefficient (Wildman–Crippen LogP) is -7.08. The number of carbonyl (C=O) groups excluding carboxylic acids is 9. The van der Waals surface area contributed by atoms with Gasteiger partial charge in [-0.2, -0.15) is 11.8 Å². The summed E-state index contributed by atoms with van der Waals surface area (Å²) in [7, 11) is 0. The third kappa shape index (κ3) is 32.3. The summed E-state index contributed by atoms with van der Waals surface area (Å²) < 4.78 is 0. The Labute approximate surface area is 490 Å². The fourth-order valence-corrected chi connectivity index (χ4v) is 8.12. The molecule has 9 amide bonds. The standard InChI is InChI=1S/C49H89N17O17S/c1-24(2)22-27(51)39(74)65-34(23-67)45(80)58-25(3)38(73)59-31(13-15-35(69)70)42(77)62-32(14-16-36(71)72)43(78)60-28(10-6-7-18-50)40(75)61-30(12-9-20-57-49(54)55)44(79)66-37(26(4)68)46(81)63-29(11-8-19-56-48(52)53)41(76)64-33(47(82)83)17-21-84-5/h24-34,37,67-68H,6-23,50-51H2,1-5H3,(H,58,80)(H,59,73)(H,60,78)(H,61,75)(H,62,77)(H,63,81)(H,64,76)(H,65,74)(H,66,79)(H,69,70)(H,71,72)(H,82,83)(H4,52,53,56)(H4,54,55,57)/t25-,26+,27-,28-,29-,30-,31-,32-,33-,34-,37-/m0/s1. The maximum Gasteiger partial charge on any atom is 0.326 e. The van der Waals surface area contributed by atoms with Crippen molar-refractivity contribution in [2.75, 3.05) is 38.2 Å². The second-order valence-corrected chi connectivity index (χ2v) is 21.0. The number of carboxylic acids is 3. The summed E-state index contributed by atoms with van der Waals surface area (Å²) in [5.74, 6) is -13.8. The molecule has 0 aliphatic heterocycles. The highest BCUT2D eigenvalue weighted by Gasteiger charge is 2.36. The van der Waals surface area contributed by atoms with Crippen LogP contribution in [-0.2, 0) is 57.5 Å². The number of aliphatic hydroxyl groups is 2. The minimum Gasteiger partial charge on any atom is -0.481 e. The first-order chi connectivity index (χ1) is 39.4. The highest BCUT2D eigenvalue weighted by atomic mass is 32.2. The summed E-state index contributed by atoms with van der Waals surface area (Å²) in [5.41, 5.74) is 33.4. The molecular weight excluding hydrogens is 1130 g/mol. The molecular formula is C49H89N17O17S. The molecule has 0 unspecified atom stereocenters. The first-order valence-electron chi connectivity index (χ1n) is 27.1. The number of amides is 9. The Morgan fingerprint density at radius 2 is 0.857 bits per heavy atom.